The van der Waals surface area contributed by atoms with Crippen LogP contribution in [-0.4, -0.2) is 39.5 Å². The van der Waals surface area contributed by atoms with E-state index >= 15 is 0 Å². The van der Waals surface area contributed by atoms with Crippen molar-refractivity contribution >= 4 is 32.9 Å². The molecule has 0 unspecified atom stereocenters. The van der Waals surface area contributed by atoms with Crippen molar-refractivity contribution in [3.8, 4) is 0 Å². The van der Waals surface area contributed by atoms with Crippen LogP contribution in [0.4, 0.5) is 11.4 Å². The van der Waals surface area contributed by atoms with E-state index in [1.807, 2.05) is 0 Å². The Kier molecular flexibility index (Phi) is 6.64. The maximum absolute atomic E-state index is 5.75. The molecule has 2 N–H and O–H groups in total. The van der Waals surface area contributed by atoms with Crippen molar-refractivity contribution < 1.29 is 9.47 Å². The van der Waals surface area contributed by atoms with Gasteiger partial charge in [-0.3, -0.25) is 0 Å². The van der Waals surface area contributed by atoms with Crippen LogP contribution in [0.25, 0.3) is 21.5 Å². The predicted octanol–water partition coefficient (Wildman–Crippen LogP) is 5.42. The Labute approximate surface area is 167 Å². The third-order valence-electron chi connectivity index (χ3n) is 5.27. The lowest BCUT2D eigenvalue weighted by molar-refractivity contribution is 0.102. The van der Waals surface area contributed by atoms with Gasteiger partial charge in [0.05, 0.1) is 0 Å². The van der Waals surface area contributed by atoms with E-state index in [-0.39, 0.29) is 0 Å². The number of fused-ring (bicyclic) bond motifs is 13. The molecule has 2 aliphatic rings. The molecule has 0 aliphatic carbocycles. The molecule has 28 heavy (non-hydrogen) atoms. The molecule has 0 saturated heterocycles. The minimum atomic E-state index is 0.802. The summed E-state index contributed by atoms with van der Waals surface area (Å²) in [7, 11) is 0. The topological polar surface area (TPSA) is 42.5 Å². The summed E-state index contributed by atoms with van der Waals surface area (Å²) >= 11 is 0. The van der Waals surface area contributed by atoms with Crippen LogP contribution in [0.2, 0.25) is 0 Å². The van der Waals surface area contributed by atoms with E-state index in [2.05, 4.69) is 59.2 Å². The van der Waals surface area contributed by atoms with Gasteiger partial charge in [0, 0.05) is 61.7 Å². The fourth-order valence-electron chi connectivity index (χ4n) is 3.77. The second-order valence-corrected chi connectivity index (χ2v) is 7.40. The van der Waals surface area contributed by atoms with Gasteiger partial charge in [0.15, 0.2) is 0 Å². The molecule has 3 aromatic rings. The first kappa shape index (κ1) is 19.0. The number of benzene rings is 3. The molecule has 0 amide bonds. The molecule has 2 aliphatic heterocycles. The Bertz CT molecular complexity index is 834. The van der Waals surface area contributed by atoms with E-state index in [9.17, 15) is 0 Å². The first-order valence-corrected chi connectivity index (χ1v) is 10.5. The summed E-state index contributed by atoms with van der Waals surface area (Å²) in [6, 6.07) is 17.6. The normalized spacial score (nSPS) is 17.6. The number of rotatable bonds is 0. The van der Waals surface area contributed by atoms with Crippen molar-refractivity contribution in [1.82, 2.24) is 0 Å². The zero-order valence-electron chi connectivity index (χ0n) is 16.5. The highest BCUT2D eigenvalue weighted by molar-refractivity contribution is 6.07. The van der Waals surface area contributed by atoms with Crippen LogP contribution in [-0.2, 0) is 9.47 Å². The van der Waals surface area contributed by atoms with Crippen LogP contribution in [0.15, 0.2) is 48.5 Å². The van der Waals surface area contributed by atoms with Gasteiger partial charge in [-0.05, 0) is 60.7 Å². The molecule has 0 atom stereocenters. The number of nitrogens with one attached hydrogen (secondary N) is 2. The number of ether oxygens (including phenoxy) is 2. The lowest BCUT2D eigenvalue weighted by Gasteiger charge is -2.14. The lowest BCUT2D eigenvalue weighted by atomic mass is 10.0. The van der Waals surface area contributed by atoms with Gasteiger partial charge in [-0.15, -0.1) is 0 Å². The van der Waals surface area contributed by atoms with Crippen molar-refractivity contribution in [2.24, 2.45) is 0 Å². The van der Waals surface area contributed by atoms with Crippen molar-refractivity contribution in [2.45, 2.75) is 25.7 Å². The van der Waals surface area contributed by atoms with Crippen molar-refractivity contribution in [3.63, 3.8) is 0 Å². The van der Waals surface area contributed by atoms with Crippen LogP contribution in [0.3, 0.4) is 0 Å². The van der Waals surface area contributed by atoms with Crippen molar-refractivity contribution in [3.05, 3.63) is 48.5 Å². The first-order valence-electron chi connectivity index (χ1n) is 10.5. The molecule has 4 nitrogen and oxygen atoms in total. The molecule has 5 rings (SSSR count). The van der Waals surface area contributed by atoms with Crippen LogP contribution >= 0.6 is 0 Å². The fraction of sp³-hybridized carbons (Fsp3) is 0.417. The highest BCUT2D eigenvalue weighted by atomic mass is 16.5. The lowest BCUT2D eigenvalue weighted by Crippen LogP contribution is -2.08. The smallest absolute Gasteiger partial charge is 0.0482 e. The van der Waals surface area contributed by atoms with Gasteiger partial charge < -0.3 is 20.1 Å². The highest BCUT2D eigenvalue weighted by Crippen LogP contribution is 2.32. The summed E-state index contributed by atoms with van der Waals surface area (Å²) in [5.74, 6) is 0. The zero-order valence-corrected chi connectivity index (χ0v) is 16.5. The van der Waals surface area contributed by atoms with Gasteiger partial charge >= 0.3 is 0 Å². The molecule has 3 aromatic carbocycles. The largest absolute Gasteiger partial charge is 0.384 e. The van der Waals surface area contributed by atoms with Gasteiger partial charge in [-0.25, -0.2) is 0 Å². The molecule has 4 heteroatoms. The molecule has 0 radical (unpaired) electrons. The molecular formula is C24H30N2O2. The third-order valence-corrected chi connectivity index (χ3v) is 5.27. The molecular weight excluding hydrogens is 348 g/mol. The standard InChI is InChI=1S/C24H30N2O2/c1-2-14-28-16-6-12-26-24-10-4-8-20-17-21-19(18-22(20)24)7-3-9-23(21)25-11-5-15-27-13-1/h3-4,7-10,17-18,25-26H,1-2,5-6,11-16H2. The number of hydrogen-bond donors (Lipinski definition) is 2. The minimum Gasteiger partial charge on any atom is -0.384 e. The van der Waals surface area contributed by atoms with Gasteiger partial charge in [-0.2, -0.15) is 0 Å². The molecule has 6 bridgehead atoms. The number of hydrogen-bond acceptors (Lipinski definition) is 4. The van der Waals surface area contributed by atoms with E-state index in [1.54, 1.807) is 0 Å². The summed E-state index contributed by atoms with van der Waals surface area (Å²) in [5, 5.41) is 12.3. The van der Waals surface area contributed by atoms with E-state index in [0.717, 1.165) is 65.2 Å². The van der Waals surface area contributed by atoms with Crippen LogP contribution in [0.1, 0.15) is 25.7 Å². The predicted molar refractivity (Wildman–Crippen MR) is 119 cm³/mol. The molecule has 0 spiro atoms. The summed E-state index contributed by atoms with van der Waals surface area (Å²) in [5.41, 5.74) is 2.40. The summed E-state index contributed by atoms with van der Waals surface area (Å²) < 4.78 is 11.5. The number of anilines is 2. The summed E-state index contributed by atoms with van der Waals surface area (Å²) in [6.45, 7) is 5.09. The quantitative estimate of drug-likeness (QED) is 0.512. The SMILES string of the molecule is c1cc2c3cc4cccc(c4cc3c1)NCCCOCCCCOCCCN2. The summed E-state index contributed by atoms with van der Waals surface area (Å²) in [4.78, 5) is 0. The molecule has 148 valence electrons. The van der Waals surface area contributed by atoms with E-state index in [4.69, 9.17) is 9.47 Å². The van der Waals surface area contributed by atoms with Crippen LogP contribution in [0, 0.1) is 0 Å². The minimum absolute atomic E-state index is 0.802. The van der Waals surface area contributed by atoms with E-state index < -0.39 is 0 Å². The molecule has 0 fully saturated rings. The highest BCUT2D eigenvalue weighted by Gasteiger charge is 2.06. The van der Waals surface area contributed by atoms with Gasteiger partial charge in [0.25, 0.3) is 0 Å². The monoisotopic (exact) mass is 378 g/mol. The van der Waals surface area contributed by atoms with Crippen LogP contribution in [0.5, 0.6) is 0 Å². The maximum Gasteiger partial charge on any atom is 0.0482 e. The maximum atomic E-state index is 5.75. The Morgan fingerprint density at radius 3 is 1.54 bits per heavy atom. The third kappa shape index (κ3) is 4.75. The Morgan fingerprint density at radius 1 is 0.571 bits per heavy atom. The van der Waals surface area contributed by atoms with Crippen molar-refractivity contribution in [2.75, 3.05) is 50.2 Å². The average Bonchev–Trinajstić information content (AvgIpc) is 2.72. The van der Waals surface area contributed by atoms with Gasteiger partial charge in [0.1, 0.15) is 0 Å². The molecule has 0 aromatic heterocycles. The molecule has 0 saturated carbocycles. The van der Waals surface area contributed by atoms with Gasteiger partial charge in [-0.1, -0.05) is 24.3 Å². The fourth-order valence-corrected chi connectivity index (χ4v) is 3.77. The zero-order chi connectivity index (χ0) is 19.0. The van der Waals surface area contributed by atoms with Crippen molar-refractivity contribution in [1.29, 1.82) is 0 Å². The summed E-state index contributed by atoms with van der Waals surface area (Å²) in [6.07, 6.45) is 4.15. The van der Waals surface area contributed by atoms with E-state index in [0.29, 0.717) is 0 Å². The van der Waals surface area contributed by atoms with E-state index in [1.165, 1.54) is 32.9 Å². The second-order valence-electron chi connectivity index (χ2n) is 7.40. The second kappa shape index (κ2) is 9.76. The molecule has 2 heterocycles. The Balaban J connectivity index is 1.61. The van der Waals surface area contributed by atoms with Gasteiger partial charge in [0.2, 0.25) is 0 Å². The Morgan fingerprint density at radius 2 is 1.04 bits per heavy atom. The average molecular weight is 379 g/mol. The van der Waals surface area contributed by atoms with Crippen LogP contribution < -0.4 is 10.6 Å². The Hall–Kier alpha value is -2.30. The first-order chi connectivity index (χ1) is 13.9.